The van der Waals surface area contributed by atoms with Crippen LogP contribution >= 0.6 is 0 Å². The highest BCUT2D eigenvalue weighted by Crippen LogP contribution is 2.28. The maximum atomic E-state index is 11.2. The lowest BCUT2D eigenvalue weighted by atomic mass is 10.1. The maximum absolute atomic E-state index is 11.2. The highest BCUT2D eigenvalue weighted by molar-refractivity contribution is 6.05. The third kappa shape index (κ3) is 1.76. The van der Waals surface area contributed by atoms with Crippen molar-refractivity contribution in [3.63, 3.8) is 0 Å². The summed E-state index contributed by atoms with van der Waals surface area (Å²) in [6.45, 7) is 0. The summed E-state index contributed by atoms with van der Waals surface area (Å²) >= 11 is 0. The van der Waals surface area contributed by atoms with Crippen LogP contribution in [0.4, 0.5) is 0 Å². The van der Waals surface area contributed by atoms with Gasteiger partial charge in [-0.15, -0.1) is 0 Å². The highest BCUT2D eigenvalue weighted by atomic mass is 16.1. The van der Waals surface area contributed by atoms with Gasteiger partial charge in [0.05, 0.1) is 17.3 Å². The summed E-state index contributed by atoms with van der Waals surface area (Å²) in [5.41, 5.74) is 7.31. The summed E-state index contributed by atoms with van der Waals surface area (Å²) in [5.74, 6) is 6.43. The van der Waals surface area contributed by atoms with Gasteiger partial charge in [-0.05, 0) is 25.0 Å². The number of nitrogens with two attached hydrogens (primary N) is 1. The van der Waals surface area contributed by atoms with Gasteiger partial charge in [0.15, 0.2) is 0 Å². The Labute approximate surface area is 98.2 Å². The molecule has 0 radical (unpaired) electrons. The van der Waals surface area contributed by atoms with E-state index in [0.29, 0.717) is 17.0 Å². The number of benzene rings is 1. The lowest BCUT2D eigenvalue weighted by Crippen LogP contribution is -2.11. The normalized spacial score (nSPS) is 14.4. The van der Waals surface area contributed by atoms with Gasteiger partial charge >= 0.3 is 0 Å². The van der Waals surface area contributed by atoms with E-state index in [1.807, 2.05) is 6.07 Å². The molecule has 0 aliphatic heterocycles. The summed E-state index contributed by atoms with van der Waals surface area (Å²) in [4.78, 5) is 11.2. The first-order chi connectivity index (χ1) is 8.25. The van der Waals surface area contributed by atoms with Gasteiger partial charge in [-0.1, -0.05) is 11.8 Å². The number of rotatable bonds is 1. The predicted octanol–water partition coefficient (Wildman–Crippen LogP) is 1.42. The van der Waals surface area contributed by atoms with Crippen LogP contribution in [0.2, 0.25) is 0 Å². The molecule has 3 rings (SSSR count). The minimum absolute atomic E-state index is 0.453. The number of amides is 1. The zero-order valence-electron chi connectivity index (χ0n) is 9.16. The third-order valence-corrected chi connectivity index (χ3v) is 2.87. The Bertz CT molecular complexity index is 656. The molecule has 0 bridgehead atoms. The van der Waals surface area contributed by atoms with Crippen molar-refractivity contribution in [2.45, 2.75) is 12.8 Å². The Morgan fingerprint density at radius 3 is 3.00 bits per heavy atom. The molecule has 0 atom stereocenters. The number of H-pyrrole nitrogens is 1. The average molecular weight is 225 g/mol. The van der Waals surface area contributed by atoms with Crippen molar-refractivity contribution in [2.75, 3.05) is 0 Å². The molecule has 3 N–H and O–H groups in total. The van der Waals surface area contributed by atoms with Crippen molar-refractivity contribution in [2.24, 2.45) is 11.7 Å². The number of aromatic nitrogens is 2. The van der Waals surface area contributed by atoms with Crippen LogP contribution in [0.5, 0.6) is 0 Å². The second-order valence-electron chi connectivity index (χ2n) is 4.23. The minimum atomic E-state index is -0.457. The number of hydrogen-bond acceptors (Lipinski definition) is 2. The summed E-state index contributed by atoms with van der Waals surface area (Å²) in [6, 6.07) is 3.52. The molecule has 4 heteroatoms. The minimum Gasteiger partial charge on any atom is -0.366 e. The van der Waals surface area contributed by atoms with E-state index in [9.17, 15) is 4.79 Å². The van der Waals surface area contributed by atoms with Gasteiger partial charge in [0.1, 0.15) is 0 Å². The molecule has 4 nitrogen and oxygen atoms in total. The average Bonchev–Trinajstić information content (AvgIpc) is 3.00. The van der Waals surface area contributed by atoms with Gasteiger partial charge in [0, 0.05) is 16.9 Å². The molecule has 17 heavy (non-hydrogen) atoms. The smallest absolute Gasteiger partial charge is 0.250 e. The van der Waals surface area contributed by atoms with Crippen molar-refractivity contribution >= 4 is 16.8 Å². The predicted molar refractivity (Wildman–Crippen MR) is 64.2 cm³/mol. The molecule has 1 aliphatic rings. The molecular formula is C13H11N3O. The first-order valence-electron chi connectivity index (χ1n) is 5.53. The molecule has 1 aliphatic carbocycles. The Hall–Kier alpha value is -2.28. The fourth-order valence-electron chi connectivity index (χ4n) is 1.76. The van der Waals surface area contributed by atoms with E-state index in [2.05, 4.69) is 22.0 Å². The Kier molecular flexibility index (Phi) is 2.12. The largest absolute Gasteiger partial charge is 0.366 e. The molecule has 0 spiro atoms. The van der Waals surface area contributed by atoms with Crippen LogP contribution in [0.1, 0.15) is 28.8 Å². The highest BCUT2D eigenvalue weighted by Gasteiger charge is 2.18. The Balaban J connectivity index is 2.15. The first kappa shape index (κ1) is 9.91. The molecule has 0 saturated heterocycles. The lowest BCUT2D eigenvalue weighted by Gasteiger charge is -1.99. The van der Waals surface area contributed by atoms with E-state index in [4.69, 9.17) is 5.73 Å². The first-order valence-corrected chi connectivity index (χ1v) is 5.53. The summed E-state index contributed by atoms with van der Waals surface area (Å²) in [7, 11) is 0. The van der Waals surface area contributed by atoms with Crippen molar-refractivity contribution < 1.29 is 4.79 Å². The zero-order valence-corrected chi connectivity index (χ0v) is 9.16. The molecule has 1 aromatic carbocycles. The summed E-state index contributed by atoms with van der Waals surface area (Å²) < 4.78 is 0. The van der Waals surface area contributed by atoms with E-state index in [1.165, 1.54) is 12.8 Å². The number of primary amides is 1. The molecule has 84 valence electrons. The van der Waals surface area contributed by atoms with E-state index in [0.717, 1.165) is 10.9 Å². The monoisotopic (exact) mass is 225 g/mol. The van der Waals surface area contributed by atoms with Crippen molar-refractivity contribution in [1.82, 2.24) is 10.2 Å². The maximum Gasteiger partial charge on any atom is 0.250 e. The number of hydrogen-bond donors (Lipinski definition) is 2. The lowest BCUT2D eigenvalue weighted by molar-refractivity contribution is 0.100. The molecule has 1 aromatic heterocycles. The Morgan fingerprint density at radius 2 is 2.29 bits per heavy atom. The van der Waals surface area contributed by atoms with E-state index in [-0.39, 0.29) is 0 Å². The third-order valence-electron chi connectivity index (χ3n) is 2.87. The van der Waals surface area contributed by atoms with Gasteiger partial charge in [0.2, 0.25) is 0 Å². The van der Waals surface area contributed by atoms with Gasteiger partial charge in [0.25, 0.3) is 5.91 Å². The fourth-order valence-corrected chi connectivity index (χ4v) is 1.76. The zero-order chi connectivity index (χ0) is 11.8. The molecule has 1 fully saturated rings. The standard InChI is InChI=1S/C13H11N3O/c14-13(17)10-6-5-9(4-3-8-1-2-8)11-7-15-16-12(10)11/h5-8H,1-2H2,(H2,14,17)(H,15,16). The number of nitrogens with zero attached hydrogens (tertiary/aromatic N) is 1. The van der Waals surface area contributed by atoms with Crippen LogP contribution in [0.3, 0.4) is 0 Å². The van der Waals surface area contributed by atoms with Crippen LogP contribution in [0, 0.1) is 17.8 Å². The van der Waals surface area contributed by atoms with Gasteiger partial charge in [-0.25, -0.2) is 0 Å². The summed E-state index contributed by atoms with van der Waals surface area (Å²) in [5, 5.41) is 7.60. The van der Waals surface area contributed by atoms with Crippen LogP contribution in [-0.4, -0.2) is 16.1 Å². The molecule has 1 saturated carbocycles. The number of fused-ring (bicyclic) bond motifs is 1. The van der Waals surface area contributed by atoms with Crippen molar-refractivity contribution in [3.05, 3.63) is 29.5 Å². The topological polar surface area (TPSA) is 71.8 Å². The number of carbonyl (C=O) groups is 1. The number of aromatic amines is 1. The summed E-state index contributed by atoms with van der Waals surface area (Å²) in [6.07, 6.45) is 4.07. The van der Waals surface area contributed by atoms with E-state index < -0.39 is 5.91 Å². The molecule has 2 aromatic rings. The van der Waals surface area contributed by atoms with E-state index >= 15 is 0 Å². The van der Waals surface area contributed by atoms with Crippen molar-refractivity contribution in [1.29, 1.82) is 0 Å². The Morgan fingerprint density at radius 1 is 1.47 bits per heavy atom. The van der Waals surface area contributed by atoms with Gasteiger partial charge < -0.3 is 5.73 Å². The molecule has 1 heterocycles. The molecular weight excluding hydrogens is 214 g/mol. The molecule has 1 amide bonds. The SMILES string of the molecule is NC(=O)c1ccc(C#CC2CC2)c2cn[nH]c12. The fraction of sp³-hybridized carbons (Fsp3) is 0.231. The molecule has 0 unspecified atom stereocenters. The van der Waals surface area contributed by atoms with Crippen LogP contribution in [0.25, 0.3) is 10.9 Å². The van der Waals surface area contributed by atoms with E-state index in [1.54, 1.807) is 12.3 Å². The van der Waals surface area contributed by atoms with Crippen LogP contribution in [-0.2, 0) is 0 Å². The second kappa shape index (κ2) is 3.63. The van der Waals surface area contributed by atoms with Crippen LogP contribution < -0.4 is 5.73 Å². The second-order valence-corrected chi connectivity index (χ2v) is 4.23. The quantitative estimate of drug-likeness (QED) is 0.720. The van der Waals surface area contributed by atoms with Gasteiger partial charge in [-0.3, -0.25) is 9.89 Å². The van der Waals surface area contributed by atoms with Crippen LogP contribution in [0.15, 0.2) is 18.3 Å². The number of carbonyl (C=O) groups excluding carboxylic acids is 1. The van der Waals surface area contributed by atoms with Gasteiger partial charge in [-0.2, -0.15) is 5.10 Å². The van der Waals surface area contributed by atoms with Crippen molar-refractivity contribution in [3.8, 4) is 11.8 Å². The number of nitrogens with one attached hydrogen (secondary N) is 1.